The van der Waals surface area contributed by atoms with Gasteiger partial charge in [0.2, 0.25) is 0 Å². The summed E-state index contributed by atoms with van der Waals surface area (Å²) in [6, 6.07) is 8.59. The first-order valence-corrected chi connectivity index (χ1v) is 7.15. The van der Waals surface area contributed by atoms with Gasteiger partial charge in [0.25, 0.3) is 0 Å². The first-order chi connectivity index (χ1) is 6.72. The van der Waals surface area contributed by atoms with E-state index in [9.17, 15) is 4.80 Å². The minimum absolute atomic E-state index is 0. The van der Waals surface area contributed by atoms with Gasteiger partial charge in [0.15, 0.2) is 0 Å². The maximum absolute atomic E-state index is 12.5. The Morgan fingerprint density at radius 1 is 1.27 bits per heavy atom. The molecule has 0 N–H and O–H groups in total. The molecule has 1 unspecified atom stereocenters. The SMILES string of the molecule is Cc1ccccc1[Si]1([O-])CCCCO1.[Na+]. The molecule has 0 saturated carbocycles. The van der Waals surface area contributed by atoms with Crippen molar-refractivity contribution in [3.8, 4) is 0 Å². The molecule has 1 atom stereocenters. The number of aryl methyl sites for hydroxylation is 1. The molecule has 0 aromatic heterocycles. The van der Waals surface area contributed by atoms with Crippen LogP contribution in [0.3, 0.4) is 0 Å². The molecule has 1 aromatic rings. The zero-order valence-corrected chi connectivity index (χ0v) is 12.5. The number of benzene rings is 1. The van der Waals surface area contributed by atoms with Gasteiger partial charge in [0, 0.05) is 6.61 Å². The van der Waals surface area contributed by atoms with Gasteiger partial charge in [-0.05, 0) is 24.6 Å². The molecule has 2 rings (SSSR count). The Bertz CT molecular complexity index is 324. The molecule has 1 fully saturated rings. The molecule has 0 amide bonds. The normalized spacial score (nSPS) is 25.7. The van der Waals surface area contributed by atoms with E-state index in [0.717, 1.165) is 29.6 Å². The fourth-order valence-corrected chi connectivity index (χ4v) is 4.77. The Kier molecular flexibility index (Phi) is 5.02. The van der Waals surface area contributed by atoms with Crippen molar-refractivity contribution < 1.29 is 38.8 Å². The van der Waals surface area contributed by atoms with Crippen LogP contribution in [-0.2, 0) is 4.43 Å². The summed E-state index contributed by atoms with van der Waals surface area (Å²) in [5, 5.41) is 0.944. The summed E-state index contributed by atoms with van der Waals surface area (Å²) in [6.45, 7) is 2.66. The van der Waals surface area contributed by atoms with Gasteiger partial charge < -0.3 is 9.22 Å². The molecule has 0 aliphatic carbocycles. The van der Waals surface area contributed by atoms with Crippen LogP contribution in [0.25, 0.3) is 0 Å². The van der Waals surface area contributed by atoms with E-state index in [1.54, 1.807) is 0 Å². The summed E-state index contributed by atoms with van der Waals surface area (Å²) >= 11 is 0. The van der Waals surface area contributed by atoms with E-state index in [0.29, 0.717) is 6.61 Å². The fraction of sp³-hybridized carbons (Fsp3) is 0.455. The quantitative estimate of drug-likeness (QED) is 0.514. The summed E-state index contributed by atoms with van der Waals surface area (Å²) < 4.78 is 5.52. The first kappa shape index (κ1) is 13.4. The summed E-state index contributed by atoms with van der Waals surface area (Å²) in [4.78, 5) is 12.5. The van der Waals surface area contributed by atoms with Crippen molar-refractivity contribution in [1.82, 2.24) is 0 Å². The third-order valence-electron chi connectivity index (χ3n) is 2.79. The maximum atomic E-state index is 12.5. The third kappa shape index (κ3) is 2.93. The van der Waals surface area contributed by atoms with E-state index in [1.807, 2.05) is 31.2 Å². The van der Waals surface area contributed by atoms with Crippen LogP contribution >= 0.6 is 0 Å². The molecule has 0 radical (unpaired) electrons. The minimum atomic E-state index is -2.81. The molecule has 15 heavy (non-hydrogen) atoms. The number of hydrogen-bond donors (Lipinski definition) is 0. The summed E-state index contributed by atoms with van der Waals surface area (Å²) in [6.07, 6.45) is 2.08. The second kappa shape index (κ2) is 5.62. The predicted molar refractivity (Wildman–Crippen MR) is 56.6 cm³/mol. The average Bonchev–Trinajstić information content (AvgIpc) is 2.19. The van der Waals surface area contributed by atoms with Crippen LogP contribution in [0.2, 0.25) is 6.04 Å². The van der Waals surface area contributed by atoms with E-state index in [2.05, 4.69) is 0 Å². The van der Waals surface area contributed by atoms with Gasteiger partial charge in [0.1, 0.15) is 8.56 Å². The average molecular weight is 230 g/mol. The Morgan fingerprint density at radius 2 is 2.00 bits per heavy atom. The van der Waals surface area contributed by atoms with Gasteiger partial charge in [-0.3, -0.25) is 0 Å². The second-order valence-electron chi connectivity index (χ2n) is 3.87. The molecular formula is C11H15NaO2Si. The maximum Gasteiger partial charge on any atom is 1.00 e. The van der Waals surface area contributed by atoms with Crippen LogP contribution in [0.15, 0.2) is 24.3 Å². The summed E-state index contributed by atoms with van der Waals surface area (Å²) in [7, 11) is -2.81. The number of rotatable bonds is 1. The summed E-state index contributed by atoms with van der Waals surface area (Å²) in [5.74, 6) is 0. The van der Waals surface area contributed by atoms with E-state index in [-0.39, 0.29) is 29.6 Å². The van der Waals surface area contributed by atoms with Crippen molar-refractivity contribution >= 4 is 13.7 Å². The Labute approximate surface area is 114 Å². The Hall–Kier alpha value is 0.357. The molecular weight excluding hydrogens is 215 g/mol. The van der Waals surface area contributed by atoms with Crippen molar-refractivity contribution in [2.45, 2.75) is 25.8 Å². The van der Waals surface area contributed by atoms with Gasteiger partial charge in [-0.1, -0.05) is 36.2 Å². The van der Waals surface area contributed by atoms with Gasteiger partial charge in [-0.25, -0.2) is 0 Å². The van der Waals surface area contributed by atoms with Crippen LogP contribution in [0, 0.1) is 6.92 Å². The van der Waals surface area contributed by atoms with Gasteiger partial charge >= 0.3 is 29.6 Å². The van der Waals surface area contributed by atoms with Gasteiger partial charge in [-0.15, -0.1) is 0 Å². The molecule has 1 heterocycles. The molecule has 76 valence electrons. The second-order valence-corrected chi connectivity index (χ2v) is 6.71. The zero-order chi connectivity index (χ0) is 10.0. The molecule has 1 saturated heterocycles. The van der Waals surface area contributed by atoms with Crippen molar-refractivity contribution in [3.63, 3.8) is 0 Å². The Morgan fingerprint density at radius 3 is 2.60 bits per heavy atom. The van der Waals surface area contributed by atoms with Gasteiger partial charge in [0.05, 0.1) is 0 Å². The standard InChI is InChI=1S/C11H15O2Si.Na/c1-10-6-2-3-7-11(10)14(12)9-5-4-8-13-14;/h2-3,6-7H,4-5,8-9H2,1H3;/q-1;+1. The number of hydrogen-bond acceptors (Lipinski definition) is 2. The monoisotopic (exact) mass is 230 g/mol. The van der Waals surface area contributed by atoms with Crippen molar-refractivity contribution in [2.75, 3.05) is 6.61 Å². The fourth-order valence-electron chi connectivity index (χ4n) is 1.98. The van der Waals surface area contributed by atoms with Crippen LogP contribution in [0.5, 0.6) is 0 Å². The first-order valence-electron chi connectivity index (χ1n) is 5.13. The smallest absolute Gasteiger partial charge is 0.834 e. The van der Waals surface area contributed by atoms with Crippen LogP contribution in [0.4, 0.5) is 0 Å². The van der Waals surface area contributed by atoms with Crippen LogP contribution < -0.4 is 39.5 Å². The van der Waals surface area contributed by atoms with Crippen LogP contribution in [-0.4, -0.2) is 15.2 Å². The molecule has 1 aliphatic rings. The van der Waals surface area contributed by atoms with E-state index >= 15 is 0 Å². The van der Waals surface area contributed by atoms with Crippen LogP contribution in [0.1, 0.15) is 18.4 Å². The van der Waals surface area contributed by atoms with E-state index < -0.39 is 8.56 Å². The molecule has 1 aromatic carbocycles. The largest absolute Gasteiger partial charge is 1.00 e. The Balaban J connectivity index is 0.00000112. The molecule has 0 spiro atoms. The van der Waals surface area contributed by atoms with E-state index in [1.165, 1.54) is 0 Å². The molecule has 0 bridgehead atoms. The molecule has 1 aliphatic heterocycles. The summed E-state index contributed by atoms with van der Waals surface area (Å²) in [5.41, 5.74) is 1.09. The minimum Gasteiger partial charge on any atom is -0.834 e. The van der Waals surface area contributed by atoms with Crippen molar-refractivity contribution in [1.29, 1.82) is 0 Å². The topological polar surface area (TPSA) is 32.3 Å². The zero-order valence-electron chi connectivity index (χ0n) is 9.45. The molecule has 4 heteroatoms. The van der Waals surface area contributed by atoms with Gasteiger partial charge in [-0.2, -0.15) is 0 Å². The van der Waals surface area contributed by atoms with E-state index in [4.69, 9.17) is 4.43 Å². The van der Waals surface area contributed by atoms with Crippen molar-refractivity contribution in [3.05, 3.63) is 29.8 Å². The van der Waals surface area contributed by atoms with Crippen molar-refractivity contribution in [2.24, 2.45) is 0 Å². The molecule has 2 nitrogen and oxygen atoms in total. The third-order valence-corrected chi connectivity index (χ3v) is 5.85. The predicted octanol–water partition coefficient (Wildman–Crippen LogP) is -2.18.